The van der Waals surface area contributed by atoms with E-state index < -0.39 is 5.82 Å². The Morgan fingerprint density at radius 1 is 1.14 bits per heavy atom. The Kier molecular flexibility index (Phi) is 3.58. The molecular weight excluding hydrogens is 301 g/mol. The monoisotopic (exact) mass is 311 g/mol. The summed E-state index contributed by atoms with van der Waals surface area (Å²) >= 11 is 5.82. The molecule has 2 aromatic carbocycles. The summed E-state index contributed by atoms with van der Waals surface area (Å²) in [7, 11) is 0. The van der Waals surface area contributed by atoms with Crippen LogP contribution in [0.25, 0.3) is 16.8 Å². The molecule has 0 aliphatic rings. The minimum atomic E-state index is -0.500. The van der Waals surface area contributed by atoms with E-state index in [2.05, 4.69) is 6.07 Å². The average Bonchev–Trinajstić information content (AvgIpc) is 2.87. The second-order valence-corrected chi connectivity index (χ2v) is 5.16. The van der Waals surface area contributed by atoms with E-state index in [4.69, 9.17) is 17.3 Å². The van der Waals surface area contributed by atoms with Crippen molar-refractivity contribution in [2.75, 3.05) is 5.73 Å². The maximum absolute atomic E-state index is 13.3. The van der Waals surface area contributed by atoms with E-state index in [-0.39, 0.29) is 5.02 Å². The second kappa shape index (κ2) is 5.55. The summed E-state index contributed by atoms with van der Waals surface area (Å²) in [6, 6.07) is 15.9. The first-order chi connectivity index (χ1) is 10.6. The number of halogens is 2. The molecule has 3 rings (SSSR count). The minimum Gasteiger partial charge on any atom is -0.384 e. The largest absolute Gasteiger partial charge is 0.384 e. The number of nitrogens with zero attached hydrogens (tertiary/aromatic N) is 2. The van der Waals surface area contributed by atoms with Crippen LogP contribution in [0, 0.1) is 17.1 Å². The number of nitrogens with two attached hydrogens (primary N) is 1. The molecule has 1 heterocycles. The van der Waals surface area contributed by atoms with Gasteiger partial charge in [-0.25, -0.2) is 4.39 Å². The van der Waals surface area contributed by atoms with Crippen molar-refractivity contribution in [1.29, 1.82) is 5.26 Å². The van der Waals surface area contributed by atoms with Crippen molar-refractivity contribution in [2.24, 2.45) is 0 Å². The van der Waals surface area contributed by atoms with Crippen molar-refractivity contribution in [2.45, 2.75) is 0 Å². The Bertz CT molecular complexity index is 879. The van der Waals surface area contributed by atoms with Crippen LogP contribution in [0.1, 0.15) is 5.56 Å². The zero-order valence-electron chi connectivity index (χ0n) is 11.4. The molecule has 0 bridgehead atoms. The molecule has 3 nitrogen and oxygen atoms in total. The van der Waals surface area contributed by atoms with Crippen LogP contribution in [0.5, 0.6) is 0 Å². The number of hydrogen-bond acceptors (Lipinski definition) is 2. The Labute approximate surface area is 132 Å². The summed E-state index contributed by atoms with van der Waals surface area (Å²) in [5.41, 5.74) is 8.67. The zero-order valence-corrected chi connectivity index (χ0v) is 12.2. The van der Waals surface area contributed by atoms with Crippen LogP contribution in [0.15, 0.2) is 54.7 Å². The van der Waals surface area contributed by atoms with Crippen LogP contribution >= 0.6 is 11.6 Å². The lowest BCUT2D eigenvalue weighted by atomic mass is 10.1. The topological polar surface area (TPSA) is 54.7 Å². The molecule has 0 saturated carbocycles. The van der Waals surface area contributed by atoms with Gasteiger partial charge in [-0.15, -0.1) is 0 Å². The van der Waals surface area contributed by atoms with Gasteiger partial charge >= 0.3 is 0 Å². The SMILES string of the molecule is N#Cc1c(-c2ccccc2)cn(-c2ccc(F)c(Cl)c2)c1N. The van der Waals surface area contributed by atoms with Gasteiger partial charge in [0.1, 0.15) is 23.3 Å². The number of anilines is 1. The highest BCUT2D eigenvalue weighted by atomic mass is 35.5. The van der Waals surface area contributed by atoms with Crippen LogP contribution in [0.4, 0.5) is 10.2 Å². The molecule has 0 saturated heterocycles. The molecular formula is C17H11ClFN3. The van der Waals surface area contributed by atoms with E-state index in [1.54, 1.807) is 16.8 Å². The molecule has 3 aromatic rings. The maximum Gasteiger partial charge on any atom is 0.141 e. The molecule has 0 radical (unpaired) electrons. The van der Waals surface area contributed by atoms with E-state index >= 15 is 0 Å². The van der Waals surface area contributed by atoms with Gasteiger partial charge < -0.3 is 10.3 Å². The van der Waals surface area contributed by atoms with Gasteiger partial charge in [0.15, 0.2) is 0 Å². The molecule has 0 aliphatic carbocycles. The minimum absolute atomic E-state index is 0.00497. The van der Waals surface area contributed by atoms with E-state index in [9.17, 15) is 9.65 Å². The van der Waals surface area contributed by atoms with Gasteiger partial charge in [-0.2, -0.15) is 5.26 Å². The van der Waals surface area contributed by atoms with Crippen molar-refractivity contribution >= 4 is 17.4 Å². The molecule has 2 N–H and O–H groups in total. The summed E-state index contributed by atoms with van der Waals surface area (Å²) in [4.78, 5) is 0. The highest BCUT2D eigenvalue weighted by molar-refractivity contribution is 6.30. The Morgan fingerprint density at radius 2 is 1.86 bits per heavy atom. The van der Waals surface area contributed by atoms with Crippen molar-refractivity contribution < 1.29 is 4.39 Å². The van der Waals surface area contributed by atoms with Crippen LogP contribution in [0.3, 0.4) is 0 Å². The van der Waals surface area contributed by atoms with Crippen molar-refractivity contribution in [1.82, 2.24) is 4.57 Å². The lowest BCUT2D eigenvalue weighted by Crippen LogP contribution is -2.00. The standard InChI is InChI=1S/C17H11ClFN3/c18-15-8-12(6-7-16(15)19)22-10-14(13(9-20)17(22)21)11-4-2-1-3-5-11/h1-8,10H,21H2. The zero-order chi connectivity index (χ0) is 15.7. The second-order valence-electron chi connectivity index (χ2n) is 4.75. The fourth-order valence-electron chi connectivity index (χ4n) is 2.32. The summed E-state index contributed by atoms with van der Waals surface area (Å²) in [5.74, 6) is -0.205. The van der Waals surface area contributed by atoms with Gasteiger partial charge in [0, 0.05) is 17.4 Å². The number of rotatable bonds is 2. The van der Waals surface area contributed by atoms with Gasteiger partial charge in [-0.3, -0.25) is 0 Å². The smallest absolute Gasteiger partial charge is 0.141 e. The highest BCUT2D eigenvalue weighted by Gasteiger charge is 2.16. The third-order valence-electron chi connectivity index (χ3n) is 3.42. The Balaban J connectivity index is 2.20. The van der Waals surface area contributed by atoms with E-state index in [1.807, 2.05) is 30.3 Å². The number of benzene rings is 2. The lowest BCUT2D eigenvalue weighted by Gasteiger charge is -2.06. The van der Waals surface area contributed by atoms with Crippen LogP contribution < -0.4 is 5.73 Å². The summed E-state index contributed by atoms with van der Waals surface area (Å²) < 4.78 is 14.9. The van der Waals surface area contributed by atoms with Gasteiger partial charge in [0.2, 0.25) is 0 Å². The molecule has 0 aliphatic heterocycles. The first-order valence-electron chi connectivity index (χ1n) is 6.53. The number of nitrogen functional groups attached to an aromatic ring is 1. The quantitative estimate of drug-likeness (QED) is 0.763. The molecule has 1 aromatic heterocycles. The number of aromatic nitrogens is 1. The van der Waals surface area contributed by atoms with Gasteiger partial charge in [0.25, 0.3) is 0 Å². The van der Waals surface area contributed by atoms with Crippen molar-refractivity contribution in [3.8, 4) is 22.9 Å². The molecule has 5 heteroatoms. The Hall–Kier alpha value is -2.77. The molecule has 0 spiro atoms. The van der Waals surface area contributed by atoms with Crippen LogP contribution in [0.2, 0.25) is 5.02 Å². The number of nitriles is 1. The first kappa shape index (κ1) is 14.2. The molecule has 0 unspecified atom stereocenters. The fourth-order valence-corrected chi connectivity index (χ4v) is 2.50. The van der Waals surface area contributed by atoms with E-state index in [0.29, 0.717) is 17.1 Å². The van der Waals surface area contributed by atoms with Crippen molar-refractivity contribution in [3.63, 3.8) is 0 Å². The summed E-state index contributed by atoms with van der Waals surface area (Å²) in [6.45, 7) is 0. The van der Waals surface area contributed by atoms with E-state index in [1.165, 1.54) is 12.1 Å². The highest BCUT2D eigenvalue weighted by Crippen LogP contribution is 2.32. The molecule has 0 atom stereocenters. The van der Waals surface area contributed by atoms with Gasteiger partial charge in [0.05, 0.1) is 5.02 Å². The normalized spacial score (nSPS) is 10.4. The molecule has 22 heavy (non-hydrogen) atoms. The molecule has 0 fully saturated rings. The van der Waals surface area contributed by atoms with Crippen molar-refractivity contribution in [3.05, 3.63) is 71.1 Å². The Morgan fingerprint density at radius 3 is 2.50 bits per heavy atom. The number of hydrogen-bond donors (Lipinski definition) is 1. The third kappa shape index (κ3) is 2.32. The van der Waals surface area contributed by atoms with Gasteiger partial charge in [-0.1, -0.05) is 41.9 Å². The fraction of sp³-hybridized carbons (Fsp3) is 0. The van der Waals surface area contributed by atoms with Crippen LogP contribution in [-0.4, -0.2) is 4.57 Å². The van der Waals surface area contributed by atoms with Gasteiger partial charge in [-0.05, 0) is 23.8 Å². The predicted molar refractivity (Wildman–Crippen MR) is 85.3 cm³/mol. The summed E-state index contributed by atoms with van der Waals surface area (Å²) in [6.07, 6.45) is 1.76. The molecule has 108 valence electrons. The average molecular weight is 312 g/mol. The first-order valence-corrected chi connectivity index (χ1v) is 6.91. The lowest BCUT2D eigenvalue weighted by molar-refractivity contribution is 0.628. The predicted octanol–water partition coefficient (Wildman–Crippen LogP) is 4.39. The summed E-state index contributed by atoms with van der Waals surface area (Å²) in [5, 5.41) is 9.40. The molecule has 0 amide bonds. The van der Waals surface area contributed by atoms with Crippen LogP contribution in [-0.2, 0) is 0 Å². The third-order valence-corrected chi connectivity index (χ3v) is 3.71. The maximum atomic E-state index is 13.3. The van der Waals surface area contributed by atoms with E-state index in [0.717, 1.165) is 11.1 Å².